The van der Waals surface area contributed by atoms with E-state index in [4.69, 9.17) is 16.3 Å². The molecule has 2 aromatic carbocycles. The first kappa shape index (κ1) is 14.9. The molecule has 0 unspecified atom stereocenters. The number of halogens is 1. The third kappa shape index (κ3) is 4.55. The second kappa shape index (κ2) is 7.32. The summed E-state index contributed by atoms with van der Waals surface area (Å²) in [7, 11) is 2.11. The van der Waals surface area contributed by atoms with E-state index in [9.17, 15) is 0 Å². The van der Waals surface area contributed by atoms with Crippen molar-refractivity contribution >= 4 is 11.6 Å². The maximum absolute atomic E-state index is 6.00. The highest BCUT2D eigenvalue weighted by Gasteiger charge is 2.03. The van der Waals surface area contributed by atoms with E-state index in [-0.39, 0.29) is 0 Å². The van der Waals surface area contributed by atoms with Crippen molar-refractivity contribution in [2.75, 3.05) is 13.7 Å². The van der Waals surface area contributed by atoms with E-state index >= 15 is 0 Å². The van der Waals surface area contributed by atoms with Gasteiger partial charge in [-0.1, -0.05) is 35.9 Å². The highest BCUT2D eigenvalue weighted by molar-refractivity contribution is 6.30. The predicted molar refractivity (Wildman–Crippen MR) is 84.2 cm³/mol. The lowest BCUT2D eigenvalue weighted by Crippen LogP contribution is -2.17. The fraction of sp³-hybridized carbons (Fsp3) is 0.294. The average molecular weight is 290 g/mol. The summed E-state index contributed by atoms with van der Waals surface area (Å²) in [4.78, 5) is 2.27. The van der Waals surface area contributed by atoms with Gasteiger partial charge in [0, 0.05) is 18.1 Å². The van der Waals surface area contributed by atoms with Gasteiger partial charge in [-0.25, -0.2) is 0 Å². The highest BCUT2D eigenvalue weighted by atomic mass is 35.5. The second-order valence-electron chi connectivity index (χ2n) is 4.88. The molecule has 20 heavy (non-hydrogen) atoms. The van der Waals surface area contributed by atoms with E-state index in [1.807, 2.05) is 37.3 Å². The zero-order valence-electron chi connectivity index (χ0n) is 12.0. The smallest absolute Gasteiger partial charge is 0.119 e. The van der Waals surface area contributed by atoms with Crippen LogP contribution >= 0.6 is 11.6 Å². The van der Waals surface area contributed by atoms with Gasteiger partial charge in [-0.2, -0.15) is 0 Å². The molecule has 0 heterocycles. The van der Waals surface area contributed by atoms with Crippen LogP contribution in [0.15, 0.2) is 48.5 Å². The van der Waals surface area contributed by atoms with Crippen molar-refractivity contribution in [3.63, 3.8) is 0 Å². The summed E-state index contributed by atoms with van der Waals surface area (Å²) in [5, 5.41) is 0.789. The highest BCUT2D eigenvalue weighted by Crippen LogP contribution is 2.16. The van der Waals surface area contributed by atoms with Crippen LogP contribution in [0.4, 0.5) is 0 Å². The molecule has 0 atom stereocenters. The summed E-state index contributed by atoms with van der Waals surface area (Å²) < 4.78 is 5.45. The summed E-state index contributed by atoms with van der Waals surface area (Å²) in [6.45, 7) is 4.48. The molecule has 0 saturated heterocycles. The minimum atomic E-state index is 0.702. The van der Waals surface area contributed by atoms with Crippen molar-refractivity contribution in [1.82, 2.24) is 4.90 Å². The molecule has 0 aliphatic rings. The molecule has 2 nitrogen and oxygen atoms in total. The Morgan fingerprint density at radius 3 is 2.35 bits per heavy atom. The number of hydrogen-bond donors (Lipinski definition) is 0. The van der Waals surface area contributed by atoms with Gasteiger partial charge in [0.15, 0.2) is 0 Å². The Labute approximate surface area is 125 Å². The van der Waals surface area contributed by atoms with E-state index in [1.165, 1.54) is 11.1 Å². The SMILES string of the molecule is CCOc1ccc(CN(C)Cc2cccc(Cl)c2)cc1. The second-order valence-corrected chi connectivity index (χ2v) is 5.32. The molecule has 106 valence electrons. The quantitative estimate of drug-likeness (QED) is 0.783. The van der Waals surface area contributed by atoms with Crippen LogP contribution in [0.1, 0.15) is 18.1 Å². The van der Waals surface area contributed by atoms with Gasteiger partial charge in [-0.05, 0) is 49.4 Å². The first-order chi connectivity index (χ1) is 9.67. The molecule has 3 heteroatoms. The Morgan fingerprint density at radius 1 is 1.00 bits per heavy atom. The van der Waals surface area contributed by atoms with Crippen molar-refractivity contribution in [3.05, 3.63) is 64.7 Å². The fourth-order valence-electron chi connectivity index (χ4n) is 2.17. The molecule has 0 aromatic heterocycles. The third-order valence-corrected chi connectivity index (χ3v) is 3.26. The molecule has 0 aliphatic heterocycles. The van der Waals surface area contributed by atoms with Crippen LogP contribution < -0.4 is 4.74 Å². The van der Waals surface area contributed by atoms with Crippen molar-refractivity contribution in [2.45, 2.75) is 20.0 Å². The standard InChI is InChI=1S/C17H20ClNO/c1-3-20-17-9-7-14(8-10-17)12-19(2)13-15-5-4-6-16(18)11-15/h4-11H,3,12-13H2,1-2H3. The summed E-state index contributed by atoms with van der Waals surface area (Å²) in [5.41, 5.74) is 2.50. The number of nitrogens with zero attached hydrogens (tertiary/aromatic N) is 1. The Bertz CT molecular complexity index is 539. The summed E-state index contributed by atoms with van der Waals surface area (Å²) in [6.07, 6.45) is 0. The summed E-state index contributed by atoms with van der Waals surface area (Å²) in [5.74, 6) is 0.925. The van der Waals surface area contributed by atoms with E-state index in [0.717, 1.165) is 23.9 Å². The molecule has 2 rings (SSSR count). The van der Waals surface area contributed by atoms with Gasteiger partial charge in [-0.3, -0.25) is 4.90 Å². The lowest BCUT2D eigenvalue weighted by atomic mass is 10.2. The van der Waals surface area contributed by atoms with Crippen molar-refractivity contribution in [3.8, 4) is 5.75 Å². The summed E-state index contributed by atoms with van der Waals surface area (Å²) >= 11 is 6.00. The minimum Gasteiger partial charge on any atom is -0.494 e. The van der Waals surface area contributed by atoms with Crippen LogP contribution in [-0.4, -0.2) is 18.6 Å². The number of benzene rings is 2. The van der Waals surface area contributed by atoms with Crippen molar-refractivity contribution in [2.24, 2.45) is 0 Å². The third-order valence-electron chi connectivity index (χ3n) is 3.03. The van der Waals surface area contributed by atoms with Crippen molar-refractivity contribution in [1.29, 1.82) is 0 Å². The van der Waals surface area contributed by atoms with Crippen LogP contribution in [0, 0.1) is 0 Å². The Hall–Kier alpha value is -1.51. The van der Waals surface area contributed by atoms with E-state index in [0.29, 0.717) is 6.61 Å². The van der Waals surface area contributed by atoms with Crippen LogP contribution in [-0.2, 0) is 13.1 Å². The molecule has 0 spiro atoms. The van der Waals surface area contributed by atoms with E-state index < -0.39 is 0 Å². The zero-order valence-corrected chi connectivity index (χ0v) is 12.7. The maximum atomic E-state index is 6.00. The van der Waals surface area contributed by atoms with Gasteiger partial charge in [0.1, 0.15) is 5.75 Å². The topological polar surface area (TPSA) is 12.5 Å². The molecule has 0 aliphatic carbocycles. The van der Waals surface area contributed by atoms with Crippen LogP contribution in [0.3, 0.4) is 0 Å². The van der Waals surface area contributed by atoms with Gasteiger partial charge in [-0.15, -0.1) is 0 Å². The normalized spacial score (nSPS) is 10.8. The Morgan fingerprint density at radius 2 is 1.70 bits per heavy atom. The zero-order chi connectivity index (χ0) is 14.4. The molecule has 2 aromatic rings. The molecular formula is C17H20ClNO. The molecule has 0 fully saturated rings. The number of rotatable bonds is 6. The van der Waals surface area contributed by atoms with Crippen LogP contribution in [0.2, 0.25) is 5.02 Å². The van der Waals surface area contributed by atoms with Gasteiger partial charge in [0.2, 0.25) is 0 Å². The minimum absolute atomic E-state index is 0.702. The molecular weight excluding hydrogens is 270 g/mol. The Kier molecular flexibility index (Phi) is 5.45. The monoisotopic (exact) mass is 289 g/mol. The summed E-state index contributed by atoms with van der Waals surface area (Å²) in [6, 6.07) is 16.3. The van der Waals surface area contributed by atoms with Gasteiger partial charge >= 0.3 is 0 Å². The first-order valence-electron chi connectivity index (χ1n) is 6.82. The van der Waals surface area contributed by atoms with Crippen LogP contribution in [0.5, 0.6) is 5.75 Å². The molecule has 0 saturated carbocycles. The maximum Gasteiger partial charge on any atom is 0.119 e. The predicted octanol–water partition coefficient (Wildman–Crippen LogP) is 4.37. The molecule has 0 amide bonds. The van der Waals surface area contributed by atoms with E-state index in [2.05, 4.69) is 30.1 Å². The number of ether oxygens (including phenoxy) is 1. The van der Waals surface area contributed by atoms with Gasteiger partial charge in [0.25, 0.3) is 0 Å². The lowest BCUT2D eigenvalue weighted by molar-refractivity contribution is 0.318. The van der Waals surface area contributed by atoms with Gasteiger partial charge < -0.3 is 4.74 Å². The van der Waals surface area contributed by atoms with Crippen LogP contribution in [0.25, 0.3) is 0 Å². The van der Waals surface area contributed by atoms with E-state index in [1.54, 1.807) is 0 Å². The first-order valence-corrected chi connectivity index (χ1v) is 7.20. The molecule has 0 N–H and O–H groups in total. The molecule has 0 radical (unpaired) electrons. The van der Waals surface area contributed by atoms with Gasteiger partial charge in [0.05, 0.1) is 6.61 Å². The fourth-order valence-corrected chi connectivity index (χ4v) is 2.39. The Balaban J connectivity index is 1.92. The lowest BCUT2D eigenvalue weighted by Gasteiger charge is -2.17. The molecule has 0 bridgehead atoms. The number of hydrogen-bond acceptors (Lipinski definition) is 2. The largest absolute Gasteiger partial charge is 0.494 e. The average Bonchev–Trinajstić information content (AvgIpc) is 2.41. The van der Waals surface area contributed by atoms with Crippen molar-refractivity contribution < 1.29 is 4.74 Å².